The third kappa shape index (κ3) is 3.79. The van der Waals surface area contributed by atoms with Gasteiger partial charge in [-0.2, -0.15) is 0 Å². The van der Waals surface area contributed by atoms with Crippen LogP contribution in [0.1, 0.15) is 40.1 Å². The van der Waals surface area contributed by atoms with E-state index in [1.165, 1.54) is 6.07 Å². The van der Waals surface area contributed by atoms with Gasteiger partial charge in [-0.15, -0.1) is 0 Å². The van der Waals surface area contributed by atoms with Crippen molar-refractivity contribution in [3.63, 3.8) is 0 Å². The monoisotopic (exact) mass is 264 g/mol. The van der Waals surface area contributed by atoms with Crippen molar-refractivity contribution in [3.8, 4) is 0 Å². The Morgan fingerprint density at radius 1 is 1.37 bits per heavy atom. The van der Waals surface area contributed by atoms with E-state index in [0.717, 1.165) is 5.56 Å². The lowest BCUT2D eigenvalue weighted by molar-refractivity contribution is 0.0897. The fraction of sp³-hybridized carbons (Fsp3) is 0.429. The third-order valence-corrected chi connectivity index (χ3v) is 3.08. The number of hydrogen-bond donors (Lipinski definition) is 3. The van der Waals surface area contributed by atoms with Crippen LogP contribution < -0.4 is 11.1 Å². The van der Waals surface area contributed by atoms with Crippen molar-refractivity contribution in [2.75, 3.05) is 6.61 Å². The fourth-order valence-electron chi connectivity index (χ4n) is 1.70. The van der Waals surface area contributed by atoms with Crippen LogP contribution >= 0.6 is 0 Å². The number of nitrogens with two attached hydrogens (primary N) is 1. The van der Waals surface area contributed by atoms with Gasteiger partial charge in [0.15, 0.2) is 0 Å². The predicted molar refractivity (Wildman–Crippen MR) is 72.9 cm³/mol. The van der Waals surface area contributed by atoms with Gasteiger partial charge in [0, 0.05) is 11.1 Å². The Kier molecular flexibility index (Phi) is 5.06. The number of rotatable bonds is 5. The van der Waals surface area contributed by atoms with Gasteiger partial charge in [-0.3, -0.25) is 9.59 Å². The van der Waals surface area contributed by atoms with Crippen LogP contribution in [0.15, 0.2) is 18.2 Å². The highest BCUT2D eigenvalue weighted by Gasteiger charge is 2.17. The van der Waals surface area contributed by atoms with Gasteiger partial charge in [0.05, 0.1) is 12.6 Å². The molecule has 2 amide bonds. The summed E-state index contributed by atoms with van der Waals surface area (Å²) in [6, 6.07) is 4.47. The molecule has 0 aliphatic carbocycles. The molecule has 0 saturated carbocycles. The minimum Gasteiger partial charge on any atom is -0.394 e. The van der Waals surface area contributed by atoms with Gasteiger partial charge in [-0.05, 0) is 30.5 Å². The van der Waals surface area contributed by atoms with E-state index < -0.39 is 5.91 Å². The molecule has 19 heavy (non-hydrogen) atoms. The highest BCUT2D eigenvalue weighted by Crippen LogP contribution is 2.11. The van der Waals surface area contributed by atoms with Crippen LogP contribution in [0.25, 0.3) is 0 Å². The highest BCUT2D eigenvalue weighted by atomic mass is 16.3. The molecule has 1 atom stereocenters. The Morgan fingerprint density at radius 3 is 2.47 bits per heavy atom. The van der Waals surface area contributed by atoms with Crippen LogP contribution in [0.2, 0.25) is 0 Å². The van der Waals surface area contributed by atoms with Crippen LogP contribution in [-0.2, 0) is 0 Å². The van der Waals surface area contributed by atoms with E-state index in [2.05, 4.69) is 5.32 Å². The zero-order chi connectivity index (χ0) is 14.6. The second-order valence-corrected chi connectivity index (χ2v) is 4.90. The first kappa shape index (κ1) is 15.2. The van der Waals surface area contributed by atoms with Gasteiger partial charge in [-0.25, -0.2) is 0 Å². The average Bonchev–Trinajstić information content (AvgIpc) is 2.35. The maximum atomic E-state index is 12.0. The number of hydrogen-bond acceptors (Lipinski definition) is 3. The SMILES string of the molecule is Cc1ccc(C(=O)NC(CO)C(C)C)cc1C(N)=O. The minimum absolute atomic E-state index is 0.120. The van der Waals surface area contributed by atoms with Crippen molar-refractivity contribution in [1.29, 1.82) is 0 Å². The summed E-state index contributed by atoms with van der Waals surface area (Å²) in [5.74, 6) is -0.764. The molecule has 104 valence electrons. The topological polar surface area (TPSA) is 92.4 Å². The van der Waals surface area contributed by atoms with E-state index in [9.17, 15) is 14.7 Å². The van der Waals surface area contributed by atoms with E-state index in [1.807, 2.05) is 13.8 Å². The number of amides is 2. The lowest BCUT2D eigenvalue weighted by Gasteiger charge is -2.20. The Hall–Kier alpha value is -1.88. The number of aliphatic hydroxyl groups is 1. The smallest absolute Gasteiger partial charge is 0.251 e. The van der Waals surface area contributed by atoms with Crippen LogP contribution in [-0.4, -0.2) is 29.6 Å². The zero-order valence-corrected chi connectivity index (χ0v) is 11.4. The number of aryl methyl sites for hydroxylation is 1. The largest absolute Gasteiger partial charge is 0.394 e. The number of carbonyl (C=O) groups excluding carboxylic acids is 2. The van der Waals surface area contributed by atoms with E-state index in [0.29, 0.717) is 11.1 Å². The van der Waals surface area contributed by atoms with Crippen molar-refractivity contribution in [1.82, 2.24) is 5.32 Å². The van der Waals surface area contributed by atoms with Gasteiger partial charge in [-0.1, -0.05) is 19.9 Å². The normalized spacial score (nSPS) is 12.3. The molecule has 0 spiro atoms. The lowest BCUT2D eigenvalue weighted by atomic mass is 10.0. The Morgan fingerprint density at radius 2 is 2.00 bits per heavy atom. The molecule has 0 aliphatic heterocycles. The first-order valence-electron chi connectivity index (χ1n) is 6.19. The molecule has 1 unspecified atom stereocenters. The Labute approximate surface area is 112 Å². The minimum atomic E-state index is -0.560. The number of carbonyl (C=O) groups is 2. The third-order valence-electron chi connectivity index (χ3n) is 3.08. The standard InChI is InChI=1S/C14H20N2O3/c1-8(2)12(7-17)16-14(19)10-5-4-9(3)11(6-10)13(15)18/h4-6,8,12,17H,7H2,1-3H3,(H2,15,18)(H,16,19). The molecule has 0 heterocycles. The molecule has 0 aromatic heterocycles. The summed E-state index contributed by atoms with van der Waals surface area (Å²) in [4.78, 5) is 23.3. The van der Waals surface area contributed by atoms with Crippen molar-refractivity contribution in [2.24, 2.45) is 11.7 Å². The van der Waals surface area contributed by atoms with Gasteiger partial charge >= 0.3 is 0 Å². The molecular weight excluding hydrogens is 244 g/mol. The summed E-state index contributed by atoms with van der Waals surface area (Å²) in [5, 5.41) is 11.9. The molecule has 0 aliphatic rings. The predicted octanol–water partition coefficient (Wildman–Crippen LogP) is 0.841. The number of nitrogens with one attached hydrogen (secondary N) is 1. The first-order chi connectivity index (χ1) is 8.86. The molecule has 4 N–H and O–H groups in total. The van der Waals surface area contributed by atoms with Crippen LogP contribution in [0.4, 0.5) is 0 Å². The maximum Gasteiger partial charge on any atom is 0.251 e. The second kappa shape index (κ2) is 6.33. The van der Waals surface area contributed by atoms with E-state index in [4.69, 9.17) is 5.73 Å². The number of benzene rings is 1. The van der Waals surface area contributed by atoms with Gasteiger partial charge in [0.1, 0.15) is 0 Å². The molecule has 0 saturated heterocycles. The summed E-state index contributed by atoms with van der Waals surface area (Å²) >= 11 is 0. The quantitative estimate of drug-likeness (QED) is 0.735. The van der Waals surface area contributed by atoms with Crippen molar-refractivity contribution < 1.29 is 14.7 Å². The van der Waals surface area contributed by atoms with Crippen molar-refractivity contribution >= 4 is 11.8 Å². The summed E-state index contributed by atoms with van der Waals surface area (Å²) in [6.07, 6.45) is 0. The zero-order valence-electron chi connectivity index (χ0n) is 11.4. The number of primary amides is 1. The van der Waals surface area contributed by atoms with Gasteiger partial charge < -0.3 is 16.2 Å². The summed E-state index contributed by atoms with van der Waals surface area (Å²) in [5.41, 5.74) is 6.67. The molecular formula is C14H20N2O3. The summed E-state index contributed by atoms with van der Waals surface area (Å²) in [7, 11) is 0. The summed E-state index contributed by atoms with van der Waals surface area (Å²) in [6.45, 7) is 5.45. The van der Waals surface area contributed by atoms with Crippen molar-refractivity contribution in [3.05, 3.63) is 34.9 Å². The molecule has 5 heteroatoms. The van der Waals surface area contributed by atoms with Crippen LogP contribution in [0.3, 0.4) is 0 Å². The van der Waals surface area contributed by atoms with E-state index >= 15 is 0 Å². The Bertz CT molecular complexity index is 484. The maximum absolute atomic E-state index is 12.0. The molecule has 1 aromatic carbocycles. The molecule has 1 rings (SSSR count). The highest BCUT2D eigenvalue weighted by molar-refractivity contribution is 6.00. The Balaban J connectivity index is 2.94. The van der Waals surface area contributed by atoms with Crippen LogP contribution in [0.5, 0.6) is 0 Å². The first-order valence-corrected chi connectivity index (χ1v) is 6.19. The molecule has 1 aromatic rings. The lowest BCUT2D eigenvalue weighted by Crippen LogP contribution is -2.41. The average molecular weight is 264 g/mol. The van der Waals surface area contributed by atoms with Gasteiger partial charge in [0.2, 0.25) is 5.91 Å². The fourth-order valence-corrected chi connectivity index (χ4v) is 1.70. The van der Waals surface area contributed by atoms with Gasteiger partial charge in [0.25, 0.3) is 5.91 Å². The summed E-state index contributed by atoms with van der Waals surface area (Å²) < 4.78 is 0. The molecule has 0 radical (unpaired) electrons. The molecule has 0 bridgehead atoms. The van der Waals surface area contributed by atoms with E-state index in [-0.39, 0.29) is 24.5 Å². The molecule has 0 fully saturated rings. The second-order valence-electron chi connectivity index (χ2n) is 4.90. The van der Waals surface area contributed by atoms with Crippen molar-refractivity contribution in [2.45, 2.75) is 26.8 Å². The van der Waals surface area contributed by atoms with E-state index in [1.54, 1.807) is 19.1 Å². The molecule has 5 nitrogen and oxygen atoms in total. The van der Waals surface area contributed by atoms with Crippen LogP contribution in [0, 0.1) is 12.8 Å². The number of aliphatic hydroxyl groups excluding tert-OH is 1.